The fourth-order valence-electron chi connectivity index (χ4n) is 2.09. The van der Waals surface area contributed by atoms with E-state index < -0.39 is 11.9 Å². The molecule has 1 heterocycles. The molecule has 0 spiro atoms. The van der Waals surface area contributed by atoms with Gasteiger partial charge in [0.05, 0.1) is 5.92 Å². The molecule has 0 amide bonds. The van der Waals surface area contributed by atoms with E-state index in [1.54, 1.807) is 13.0 Å². The maximum Gasteiger partial charge on any atom is 0.310 e. The molecule has 0 saturated carbocycles. The van der Waals surface area contributed by atoms with Crippen LogP contribution in [-0.2, 0) is 11.2 Å². The normalized spacial score (nSPS) is 15.4. The fraction of sp³-hybridized carbons (Fsp3) is 0.462. The van der Waals surface area contributed by atoms with Crippen molar-refractivity contribution in [3.05, 3.63) is 23.3 Å². The average Bonchev–Trinajstić information content (AvgIpc) is 2.36. The number of hydrogen-bond acceptors (Lipinski definition) is 3. The third-order valence-electron chi connectivity index (χ3n) is 3.04. The largest absolute Gasteiger partial charge is 0.486 e. The minimum Gasteiger partial charge on any atom is -0.486 e. The van der Waals surface area contributed by atoms with Crippen molar-refractivity contribution in [2.75, 3.05) is 13.2 Å². The Morgan fingerprint density at radius 3 is 2.76 bits per heavy atom. The van der Waals surface area contributed by atoms with Crippen molar-refractivity contribution in [3.8, 4) is 11.5 Å². The average molecular weight is 236 g/mol. The summed E-state index contributed by atoms with van der Waals surface area (Å²) in [5, 5.41) is 9.09. The van der Waals surface area contributed by atoms with Gasteiger partial charge in [-0.3, -0.25) is 4.79 Å². The lowest BCUT2D eigenvalue weighted by Crippen LogP contribution is -2.18. The first kappa shape index (κ1) is 11.8. The molecule has 1 aliphatic heterocycles. The molecule has 0 saturated heterocycles. The Morgan fingerprint density at radius 1 is 1.41 bits per heavy atom. The molecular weight excluding hydrogens is 220 g/mol. The summed E-state index contributed by atoms with van der Waals surface area (Å²) >= 11 is 0. The molecule has 1 aromatic rings. The summed E-state index contributed by atoms with van der Waals surface area (Å²) in [7, 11) is 0. The van der Waals surface area contributed by atoms with Crippen molar-refractivity contribution in [2.45, 2.75) is 26.2 Å². The Morgan fingerprint density at radius 2 is 2.12 bits per heavy atom. The molecule has 1 aliphatic rings. The Balaban J connectivity index is 2.50. The van der Waals surface area contributed by atoms with Crippen LogP contribution in [0.3, 0.4) is 0 Å². The summed E-state index contributed by atoms with van der Waals surface area (Å²) in [6.07, 6.45) is 0.736. The zero-order valence-electron chi connectivity index (χ0n) is 10.0. The van der Waals surface area contributed by atoms with E-state index in [1.807, 2.05) is 13.0 Å². The Hall–Kier alpha value is -1.71. The van der Waals surface area contributed by atoms with Crippen LogP contribution in [0.1, 0.15) is 30.9 Å². The van der Waals surface area contributed by atoms with Gasteiger partial charge in [-0.1, -0.05) is 13.0 Å². The van der Waals surface area contributed by atoms with Crippen LogP contribution in [0.4, 0.5) is 0 Å². The highest BCUT2D eigenvalue weighted by Crippen LogP contribution is 2.38. The van der Waals surface area contributed by atoms with Gasteiger partial charge in [-0.2, -0.15) is 0 Å². The van der Waals surface area contributed by atoms with Crippen LogP contribution in [0.2, 0.25) is 0 Å². The van der Waals surface area contributed by atoms with Crippen LogP contribution >= 0.6 is 0 Å². The van der Waals surface area contributed by atoms with Crippen molar-refractivity contribution in [3.63, 3.8) is 0 Å². The van der Waals surface area contributed by atoms with Gasteiger partial charge < -0.3 is 14.6 Å². The van der Waals surface area contributed by atoms with Crippen molar-refractivity contribution in [1.82, 2.24) is 0 Å². The first-order valence-corrected chi connectivity index (χ1v) is 5.79. The lowest BCUT2D eigenvalue weighted by atomic mass is 9.93. The monoisotopic (exact) mass is 236 g/mol. The predicted octanol–water partition coefficient (Wildman–Crippen LogP) is 2.21. The maximum absolute atomic E-state index is 11.1. The topological polar surface area (TPSA) is 55.8 Å². The fourth-order valence-corrected chi connectivity index (χ4v) is 2.09. The lowest BCUT2D eigenvalue weighted by molar-refractivity contribution is -0.138. The number of carboxylic acids is 1. The van der Waals surface area contributed by atoms with Crippen LogP contribution in [0, 0.1) is 0 Å². The van der Waals surface area contributed by atoms with E-state index in [1.165, 1.54) is 0 Å². The van der Waals surface area contributed by atoms with Gasteiger partial charge in [0.15, 0.2) is 11.5 Å². The first-order valence-electron chi connectivity index (χ1n) is 5.79. The van der Waals surface area contributed by atoms with Gasteiger partial charge in [0.1, 0.15) is 13.2 Å². The van der Waals surface area contributed by atoms with Gasteiger partial charge in [0.2, 0.25) is 0 Å². The van der Waals surface area contributed by atoms with Crippen molar-refractivity contribution >= 4 is 5.97 Å². The van der Waals surface area contributed by atoms with Crippen LogP contribution in [0.15, 0.2) is 12.1 Å². The van der Waals surface area contributed by atoms with Crippen molar-refractivity contribution in [1.29, 1.82) is 0 Å². The first-order chi connectivity index (χ1) is 8.15. The van der Waals surface area contributed by atoms with Crippen LogP contribution in [0.25, 0.3) is 0 Å². The van der Waals surface area contributed by atoms with Crippen LogP contribution < -0.4 is 9.47 Å². The molecule has 1 atom stereocenters. The van der Waals surface area contributed by atoms with Gasteiger partial charge in [0.25, 0.3) is 0 Å². The lowest BCUT2D eigenvalue weighted by Gasteiger charge is -2.23. The number of carbonyl (C=O) groups is 1. The van der Waals surface area contributed by atoms with E-state index in [-0.39, 0.29) is 0 Å². The highest BCUT2D eigenvalue weighted by atomic mass is 16.6. The Bertz CT molecular complexity index is 439. The number of hydrogen-bond donors (Lipinski definition) is 1. The molecule has 1 N–H and O–H groups in total. The van der Waals surface area contributed by atoms with Gasteiger partial charge >= 0.3 is 5.97 Å². The summed E-state index contributed by atoms with van der Waals surface area (Å²) < 4.78 is 11.1. The smallest absolute Gasteiger partial charge is 0.310 e. The summed E-state index contributed by atoms with van der Waals surface area (Å²) in [6.45, 7) is 4.74. The predicted molar refractivity (Wildman–Crippen MR) is 62.9 cm³/mol. The Kier molecular flexibility index (Phi) is 3.22. The van der Waals surface area contributed by atoms with E-state index in [2.05, 4.69) is 0 Å². The minimum absolute atomic E-state index is 0.519. The van der Waals surface area contributed by atoms with Crippen molar-refractivity contribution in [2.24, 2.45) is 0 Å². The summed E-state index contributed by atoms with van der Waals surface area (Å²) in [6, 6.07) is 3.62. The molecule has 17 heavy (non-hydrogen) atoms. The third-order valence-corrected chi connectivity index (χ3v) is 3.04. The van der Waals surface area contributed by atoms with E-state index >= 15 is 0 Å². The van der Waals surface area contributed by atoms with Gasteiger partial charge in [-0.15, -0.1) is 0 Å². The molecule has 0 fully saturated rings. The van der Waals surface area contributed by atoms with Gasteiger partial charge in [-0.05, 0) is 25.0 Å². The second-order valence-electron chi connectivity index (χ2n) is 4.07. The van der Waals surface area contributed by atoms with Gasteiger partial charge in [-0.25, -0.2) is 0 Å². The second-order valence-corrected chi connectivity index (χ2v) is 4.07. The molecule has 4 heteroatoms. The zero-order chi connectivity index (χ0) is 12.4. The molecule has 4 nitrogen and oxygen atoms in total. The van der Waals surface area contributed by atoms with E-state index in [0.717, 1.165) is 23.3 Å². The summed E-state index contributed by atoms with van der Waals surface area (Å²) in [5.74, 6) is 0.0796. The van der Waals surface area contributed by atoms with Crippen LogP contribution in [0.5, 0.6) is 11.5 Å². The highest BCUT2D eigenvalue weighted by Gasteiger charge is 2.23. The molecule has 1 unspecified atom stereocenters. The van der Waals surface area contributed by atoms with Crippen molar-refractivity contribution < 1.29 is 19.4 Å². The molecule has 0 aromatic heterocycles. The third kappa shape index (κ3) is 2.07. The SMILES string of the molecule is CCc1c(C(C)C(=O)O)ccc2c1OCCO2. The van der Waals surface area contributed by atoms with E-state index in [4.69, 9.17) is 14.6 Å². The zero-order valence-corrected chi connectivity index (χ0v) is 10.0. The second kappa shape index (κ2) is 4.65. The van der Waals surface area contributed by atoms with Gasteiger partial charge in [0, 0.05) is 5.56 Å². The molecule has 92 valence electrons. The number of rotatable bonds is 3. The van der Waals surface area contributed by atoms with Crippen LogP contribution in [-0.4, -0.2) is 24.3 Å². The van der Waals surface area contributed by atoms with E-state index in [0.29, 0.717) is 19.0 Å². The highest BCUT2D eigenvalue weighted by molar-refractivity contribution is 5.77. The number of benzene rings is 1. The molecule has 0 aliphatic carbocycles. The summed E-state index contributed by atoms with van der Waals surface area (Å²) in [5.41, 5.74) is 1.75. The standard InChI is InChI=1S/C13H16O4/c1-3-9-10(8(2)13(14)15)4-5-11-12(9)17-7-6-16-11/h4-5,8H,3,6-7H2,1-2H3,(H,14,15). The maximum atomic E-state index is 11.1. The number of carboxylic acid groups (broad SMARTS) is 1. The molecule has 0 bridgehead atoms. The number of ether oxygens (including phenoxy) is 2. The minimum atomic E-state index is -0.823. The summed E-state index contributed by atoms with van der Waals surface area (Å²) in [4.78, 5) is 11.1. The Labute approximate surface area is 100 Å². The molecular formula is C13H16O4. The number of aliphatic carboxylic acids is 1. The molecule has 2 rings (SSSR count). The quantitative estimate of drug-likeness (QED) is 0.874. The number of fused-ring (bicyclic) bond motifs is 1. The van der Waals surface area contributed by atoms with E-state index in [9.17, 15) is 4.79 Å². The molecule has 0 radical (unpaired) electrons. The molecule has 1 aromatic carbocycles.